The van der Waals surface area contributed by atoms with E-state index in [0.29, 0.717) is 19.3 Å². The van der Waals surface area contributed by atoms with Crippen molar-refractivity contribution >= 4 is 35.8 Å². The predicted molar refractivity (Wildman–Crippen MR) is 176 cm³/mol. The van der Waals surface area contributed by atoms with E-state index in [4.69, 9.17) is 25.4 Å². The fourth-order valence-corrected chi connectivity index (χ4v) is 5.58. The van der Waals surface area contributed by atoms with Gasteiger partial charge in [-0.05, 0) is 38.0 Å². The van der Waals surface area contributed by atoms with Crippen LogP contribution in [0, 0.1) is 23.7 Å². The van der Waals surface area contributed by atoms with Crippen LogP contribution >= 0.6 is 0 Å². The number of carboxylic acids is 4. The maximum atomic E-state index is 13.0. The lowest BCUT2D eigenvalue weighted by Crippen LogP contribution is -2.42. The van der Waals surface area contributed by atoms with E-state index in [1.54, 1.807) is 13.8 Å². The topological polar surface area (TPSA) is 268 Å². The van der Waals surface area contributed by atoms with Crippen LogP contribution in [0.1, 0.15) is 124 Å². The van der Waals surface area contributed by atoms with Crippen LogP contribution < -0.4 is 5.73 Å². The number of ether oxygens (including phenoxy) is 2. The normalized spacial score (nSPS) is 17.0. The summed E-state index contributed by atoms with van der Waals surface area (Å²) in [4.78, 5) is 71.6. The number of rotatable bonds is 29. The maximum absolute atomic E-state index is 13.0. The summed E-state index contributed by atoms with van der Waals surface area (Å²) in [5, 5.41) is 57.0. The first kappa shape index (κ1) is 45.7. The lowest BCUT2D eigenvalue weighted by atomic mass is 9.87. The van der Waals surface area contributed by atoms with Gasteiger partial charge in [0.2, 0.25) is 0 Å². The Balaban J connectivity index is 5.84. The van der Waals surface area contributed by atoms with Crippen LogP contribution in [0.4, 0.5) is 0 Å². The van der Waals surface area contributed by atoms with Crippen molar-refractivity contribution in [3.63, 3.8) is 0 Å². The van der Waals surface area contributed by atoms with Gasteiger partial charge in [0.1, 0.15) is 12.2 Å². The van der Waals surface area contributed by atoms with Crippen molar-refractivity contribution in [1.82, 2.24) is 0 Å². The van der Waals surface area contributed by atoms with Gasteiger partial charge in [-0.25, -0.2) is 0 Å². The van der Waals surface area contributed by atoms with Crippen molar-refractivity contribution in [3.8, 4) is 0 Å². The highest BCUT2D eigenvalue weighted by Crippen LogP contribution is 2.29. The van der Waals surface area contributed by atoms with E-state index in [1.807, 2.05) is 13.8 Å². The highest BCUT2D eigenvalue weighted by atomic mass is 16.6. The van der Waals surface area contributed by atoms with E-state index in [-0.39, 0.29) is 18.8 Å². The fraction of sp³-hybridized carbons (Fsp3) is 0.824. The first-order valence-corrected chi connectivity index (χ1v) is 17.3. The Kier molecular flexibility index (Phi) is 23.1. The number of carbonyl (C=O) groups excluding carboxylic acids is 2. The van der Waals surface area contributed by atoms with E-state index in [2.05, 4.69) is 0 Å². The molecule has 0 bridgehead atoms. The average Bonchev–Trinajstić information content (AvgIpc) is 2.98. The van der Waals surface area contributed by atoms with Gasteiger partial charge in [-0.2, -0.15) is 0 Å². The molecule has 0 aliphatic heterocycles. The second-order valence-corrected chi connectivity index (χ2v) is 13.4. The Labute approximate surface area is 288 Å². The lowest BCUT2D eigenvalue weighted by Gasteiger charge is -2.33. The van der Waals surface area contributed by atoms with Crippen molar-refractivity contribution in [2.75, 3.05) is 0 Å². The van der Waals surface area contributed by atoms with Crippen molar-refractivity contribution in [3.05, 3.63) is 0 Å². The molecule has 15 nitrogen and oxygen atoms in total. The molecule has 0 saturated heterocycles. The zero-order chi connectivity index (χ0) is 37.7. The van der Waals surface area contributed by atoms with Crippen LogP contribution in [0.3, 0.4) is 0 Å². The smallest absolute Gasteiger partial charge is 0.307 e. The Morgan fingerprint density at radius 2 is 1.12 bits per heavy atom. The number of carbonyl (C=O) groups is 6. The minimum absolute atomic E-state index is 0.0859. The predicted octanol–water partition coefficient (Wildman–Crippen LogP) is 3.59. The third-order valence-electron chi connectivity index (χ3n) is 8.60. The van der Waals surface area contributed by atoms with Gasteiger partial charge in [-0.1, -0.05) is 65.7 Å². The average molecular weight is 706 g/mol. The molecule has 0 rings (SSSR count). The molecule has 0 aliphatic carbocycles. The second kappa shape index (κ2) is 24.8. The molecule has 0 unspecified atom stereocenters. The Bertz CT molecular complexity index is 1030. The van der Waals surface area contributed by atoms with E-state index < -0.39 is 110 Å². The molecule has 8 N–H and O–H groups in total. The van der Waals surface area contributed by atoms with Gasteiger partial charge < -0.3 is 45.8 Å². The molecule has 0 aromatic carbocycles. The van der Waals surface area contributed by atoms with E-state index in [0.717, 1.165) is 38.5 Å². The summed E-state index contributed by atoms with van der Waals surface area (Å²) in [6.45, 7) is 7.31. The van der Waals surface area contributed by atoms with Crippen molar-refractivity contribution in [1.29, 1.82) is 0 Å². The number of carboxylic acid groups (broad SMARTS) is 4. The Hall–Kier alpha value is -3.30. The fourth-order valence-electron chi connectivity index (χ4n) is 5.58. The van der Waals surface area contributed by atoms with Crippen LogP contribution in [0.5, 0.6) is 0 Å². The molecule has 0 spiro atoms. The Morgan fingerprint density at radius 1 is 0.633 bits per heavy atom. The van der Waals surface area contributed by atoms with E-state index in [9.17, 15) is 49.2 Å². The molecule has 15 heteroatoms. The van der Waals surface area contributed by atoms with Crippen LogP contribution in [0.25, 0.3) is 0 Å². The molecule has 0 radical (unpaired) electrons. The molecule has 0 aromatic rings. The standard InChI is InChI=1S/C34H59NO14/c1-5-6-12-21(3)32(49-31(43)18-24(34(46)47)16-29(40)41)27(48-30(42)17-23(33(44)45)15-28(38)39)14-20(2)11-9-7-8-10-13-25(36)19-26(37)22(4)35/h20-27,32,36-37H,5-19,35H2,1-4H3,(H,38,39)(H,40,41)(H,44,45)(H,46,47)/t20-,21+,22-,23+,24+,25+,26-,27-,32+/m0/s1. The van der Waals surface area contributed by atoms with E-state index in [1.165, 1.54) is 0 Å². The number of unbranched alkanes of at least 4 members (excludes halogenated alkanes) is 4. The SMILES string of the molecule is CCCC[C@@H](C)[C@@H](OC(=O)C[C@@H](CC(=O)O)C(=O)O)[C@H](C[C@@H](C)CCCCCC[C@@H](O)C[C@H](O)[C@H](C)N)OC(=O)C[C@@H](CC(=O)O)C(=O)O. The highest BCUT2D eigenvalue weighted by Gasteiger charge is 2.37. The summed E-state index contributed by atoms with van der Waals surface area (Å²) >= 11 is 0. The molecular weight excluding hydrogens is 646 g/mol. The number of esters is 2. The highest BCUT2D eigenvalue weighted by molar-refractivity contribution is 5.83. The summed E-state index contributed by atoms with van der Waals surface area (Å²) in [6, 6.07) is -0.432. The van der Waals surface area contributed by atoms with Gasteiger partial charge in [-0.15, -0.1) is 0 Å². The Morgan fingerprint density at radius 3 is 1.57 bits per heavy atom. The van der Waals surface area contributed by atoms with Gasteiger partial charge >= 0.3 is 35.8 Å². The molecule has 0 fully saturated rings. The van der Waals surface area contributed by atoms with Crippen molar-refractivity contribution < 1.29 is 68.9 Å². The number of aliphatic hydroxyl groups is 2. The molecule has 0 aromatic heterocycles. The van der Waals surface area contributed by atoms with Gasteiger partial charge in [0.25, 0.3) is 0 Å². The first-order valence-electron chi connectivity index (χ1n) is 17.3. The van der Waals surface area contributed by atoms with Gasteiger partial charge in [0.05, 0.1) is 49.7 Å². The van der Waals surface area contributed by atoms with Crippen molar-refractivity contribution in [2.45, 2.75) is 154 Å². The number of aliphatic hydroxyl groups excluding tert-OH is 2. The second-order valence-electron chi connectivity index (χ2n) is 13.4. The number of aliphatic carboxylic acids is 4. The van der Waals surface area contributed by atoms with Gasteiger partial charge in [-0.3, -0.25) is 28.8 Å². The van der Waals surface area contributed by atoms with Crippen LogP contribution in [-0.4, -0.2) is 96.9 Å². The van der Waals surface area contributed by atoms with E-state index >= 15 is 0 Å². The monoisotopic (exact) mass is 705 g/mol. The number of hydrogen-bond acceptors (Lipinski definition) is 11. The largest absolute Gasteiger partial charge is 0.481 e. The summed E-state index contributed by atoms with van der Waals surface area (Å²) in [5.41, 5.74) is 5.64. The lowest BCUT2D eigenvalue weighted by molar-refractivity contribution is -0.177. The molecular formula is C34H59NO14. The van der Waals surface area contributed by atoms with Gasteiger partial charge in [0.15, 0.2) is 0 Å². The minimum Gasteiger partial charge on any atom is -0.481 e. The summed E-state index contributed by atoms with van der Waals surface area (Å²) in [5.74, 6) is -11.3. The van der Waals surface area contributed by atoms with Gasteiger partial charge in [0, 0.05) is 12.5 Å². The summed E-state index contributed by atoms with van der Waals surface area (Å²) in [7, 11) is 0. The molecule has 9 atom stereocenters. The molecule has 284 valence electrons. The number of nitrogens with two attached hydrogens (primary N) is 1. The summed E-state index contributed by atoms with van der Waals surface area (Å²) in [6.07, 6.45) is 0.203. The minimum atomic E-state index is -1.55. The van der Waals surface area contributed by atoms with Crippen LogP contribution in [0.2, 0.25) is 0 Å². The first-order chi connectivity index (χ1) is 22.9. The van der Waals surface area contributed by atoms with Crippen molar-refractivity contribution in [2.24, 2.45) is 29.4 Å². The third-order valence-corrected chi connectivity index (χ3v) is 8.60. The number of hydrogen-bond donors (Lipinski definition) is 7. The van der Waals surface area contributed by atoms with Crippen LogP contribution in [0.15, 0.2) is 0 Å². The molecule has 0 saturated carbocycles. The molecule has 49 heavy (non-hydrogen) atoms. The van der Waals surface area contributed by atoms with Crippen LogP contribution in [-0.2, 0) is 38.2 Å². The maximum Gasteiger partial charge on any atom is 0.307 e. The quantitative estimate of drug-likeness (QED) is 0.0433. The molecule has 0 amide bonds. The summed E-state index contributed by atoms with van der Waals surface area (Å²) < 4.78 is 11.5. The third kappa shape index (κ3) is 21.4. The molecule has 0 heterocycles. The zero-order valence-electron chi connectivity index (χ0n) is 29.3. The molecule has 0 aliphatic rings. The zero-order valence-corrected chi connectivity index (χ0v) is 29.3.